The summed E-state index contributed by atoms with van der Waals surface area (Å²) < 4.78 is 0. The second kappa shape index (κ2) is 7.80. The van der Waals surface area contributed by atoms with E-state index in [1.165, 1.54) is 0 Å². The van der Waals surface area contributed by atoms with Crippen LogP contribution in [0.25, 0.3) is 0 Å². The van der Waals surface area contributed by atoms with Gasteiger partial charge in [-0.15, -0.1) is 0 Å². The van der Waals surface area contributed by atoms with E-state index in [9.17, 15) is 9.90 Å². The number of rotatable bonds is 8. The zero-order chi connectivity index (χ0) is 11.0. The van der Waals surface area contributed by atoms with E-state index in [0.717, 1.165) is 25.7 Å². The van der Waals surface area contributed by atoms with Gasteiger partial charge in [-0.1, -0.05) is 39.5 Å². The number of carboxylic acid groups (broad SMARTS) is 1. The predicted molar refractivity (Wildman–Crippen MR) is 56.2 cm³/mol. The van der Waals surface area contributed by atoms with Gasteiger partial charge in [-0.25, -0.2) is 0 Å². The molecule has 14 heavy (non-hydrogen) atoms. The van der Waals surface area contributed by atoms with Crippen LogP contribution in [0, 0.1) is 5.92 Å². The van der Waals surface area contributed by atoms with Crippen LogP contribution in [0.1, 0.15) is 52.4 Å². The van der Waals surface area contributed by atoms with Gasteiger partial charge >= 0.3 is 5.97 Å². The molecule has 0 aromatic heterocycles. The predicted octanol–water partition coefficient (Wildman–Crippen LogP) is 2.43. The SMILES string of the molecule is CCCCCC(O)C(CCC)C(=O)O. The highest BCUT2D eigenvalue weighted by Gasteiger charge is 2.24. The number of hydrogen-bond acceptors (Lipinski definition) is 2. The number of carboxylic acids is 1. The molecule has 3 nitrogen and oxygen atoms in total. The van der Waals surface area contributed by atoms with Crippen molar-refractivity contribution in [3.63, 3.8) is 0 Å². The van der Waals surface area contributed by atoms with Crippen molar-refractivity contribution < 1.29 is 15.0 Å². The molecule has 0 rings (SSSR count). The second-order valence-corrected chi connectivity index (χ2v) is 3.80. The summed E-state index contributed by atoms with van der Waals surface area (Å²) in [7, 11) is 0. The van der Waals surface area contributed by atoms with Crippen LogP contribution >= 0.6 is 0 Å². The van der Waals surface area contributed by atoms with Crippen molar-refractivity contribution >= 4 is 5.97 Å². The summed E-state index contributed by atoms with van der Waals surface area (Å²) in [6.07, 6.45) is 4.41. The molecule has 0 aliphatic carbocycles. The molecule has 84 valence electrons. The van der Waals surface area contributed by atoms with Gasteiger partial charge in [0.2, 0.25) is 0 Å². The summed E-state index contributed by atoms with van der Waals surface area (Å²) >= 11 is 0. The molecule has 3 heteroatoms. The third-order valence-corrected chi connectivity index (χ3v) is 2.48. The van der Waals surface area contributed by atoms with Gasteiger partial charge in [-0.05, 0) is 12.8 Å². The largest absolute Gasteiger partial charge is 0.481 e. The standard InChI is InChI=1S/C11H22O3/c1-3-5-6-8-10(12)9(7-4-2)11(13)14/h9-10,12H,3-8H2,1-2H3,(H,13,14). The van der Waals surface area contributed by atoms with E-state index >= 15 is 0 Å². The molecule has 2 atom stereocenters. The Hall–Kier alpha value is -0.570. The van der Waals surface area contributed by atoms with Crippen LogP contribution in [0.4, 0.5) is 0 Å². The van der Waals surface area contributed by atoms with E-state index in [0.29, 0.717) is 12.8 Å². The minimum Gasteiger partial charge on any atom is -0.481 e. The minimum atomic E-state index is -0.865. The maximum absolute atomic E-state index is 10.8. The van der Waals surface area contributed by atoms with E-state index in [1.54, 1.807) is 0 Å². The summed E-state index contributed by atoms with van der Waals surface area (Å²) in [5, 5.41) is 18.5. The zero-order valence-corrected chi connectivity index (χ0v) is 9.20. The van der Waals surface area contributed by atoms with Gasteiger partial charge in [0.15, 0.2) is 0 Å². The summed E-state index contributed by atoms with van der Waals surface area (Å²) in [6.45, 7) is 4.03. The molecule has 0 saturated carbocycles. The molecule has 0 saturated heterocycles. The highest BCUT2D eigenvalue weighted by molar-refractivity contribution is 5.70. The van der Waals surface area contributed by atoms with E-state index in [4.69, 9.17) is 5.11 Å². The molecule has 0 aliphatic rings. The normalized spacial score (nSPS) is 15.1. The first-order chi connectivity index (χ1) is 6.63. The lowest BCUT2D eigenvalue weighted by atomic mass is 9.93. The lowest BCUT2D eigenvalue weighted by Gasteiger charge is -2.18. The molecule has 0 bridgehead atoms. The molecule has 0 fully saturated rings. The van der Waals surface area contributed by atoms with Crippen molar-refractivity contribution in [2.75, 3.05) is 0 Å². The molecule has 0 aromatic rings. The molecule has 0 aliphatic heterocycles. The van der Waals surface area contributed by atoms with Crippen LogP contribution in [0.5, 0.6) is 0 Å². The molecular formula is C11H22O3. The fourth-order valence-electron chi connectivity index (χ4n) is 1.60. The van der Waals surface area contributed by atoms with Crippen LogP contribution in [0.15, 0.2) is 0 Å². The third-order valence-electron chi connectivity index (χ3n) is 2.48. The monoisotopic (exact) mass is 202 g/mol. The Morgan fingerprint density at radius 2 is 1.79 bits per heavy atom. The maximum atomic E-state index is 10.8. The van der Waals surface area contributed by atoms with Crippen molar-refractivity contribution in [3.05, 3.63) is 0 Å². The van der Waals surface area contributed by atoms with Gasteiger partial charge in [0, 0.05) is 0 Å². The third kappa shape index (κ3) is 5.22. The van der Waals surface area contributed by atoms with E-state index in [1.807, 2.05) is 6.92 Å². The molecule has 0 heterocycles. The summed E-state index contributed by atoms with van der Waals surface area (Å²) in [6, 6.07) is 0. The van der Waals surface area contributed by atoms with Crippen molar-refractivity contribution in [2.24, 2.45) is 5.92 Å². The fraction of sp³-hybridized carbons (Fsp3) is 0.909. The summed E-state index contributed by atoms with van der Waals surface area (Å²) in [5.74, 6) is -1.44. The van der Waals surface area contributed by atoms with E-state index in [-0.39, 0.29) is 0 Å². The second-order valence-electron chi connectivity index (χ2n) is 3.80. The van der Waals surface area contributed by atoms with Crippen LogP contribution in [0.3, 0.4) is 0 Å². The molecule has 0 radical (unpaired) electrons. The molecule has 2 N–H and O–H groups in total. The number of aliphatic hydroxyl groups excluding tert-OH is 1. The molecule has 0 aromatic carbocycles. The van der Waals surface area contributed by atoms with Crippen LogP contribution in [-0.2, 0) is 4.79 Å². The number of carbonyl (C=O) groups is 1. The van der Waals surface area contributed by atoms with Crippen LogP contribution in [-0.4, -0.2) is 22.3 Å². The lowest BCUT2D eigenvalue weighted by molar-refractivity contribution is -0.146. The topological polar surface area (TPSA) is 57.5 Å². The first-order valence-corrected chi connectivity index (χ1v) is 5.54. The van der Waals surface area contributed by atoms with Crippen molar-refractivity contribution in [1.82, 2.24) is 0 Å². The van der Waals surface area contributed by atoms with Gasteiger partial charge in [0.1, 0.15) is 0 Å². The van der Waals surface area contributed by atoms with Gasteiger partial charge in [0.25, 0.3) is 0 Å². The highest BCUT2D eigenvalue weighted by Crippen LogP contribution is 2.17. The fourth-order valence-corrected chi connectivity index (χ4v) is 1.60. The van der Waals surface area contributed by atoms with E-state index < -0.39 is 18.0 Å². The first-order valence-electron chi connectivity index (χ1n) is 5.54. The first kappa shape index (κ1) is 13.4. The minimum absolute atomic E-state index is 0.572. The summed E-state index contributed by atoms with van der Waals surface area (Å²) in [4.78, 5) is 10.8. The highest BCUT2D eigenvalue weighted by atomic mass is 16.4. The number of hydrogen-bond donors (Lipinski definition) is 2. The quantitative estimate of drug-likeness (QED) is 0.594. The average molecular weight is 202 g/mol. The van der Waals surface area contributed by atoms with Crippen LogP contribution < -0.4 is 0 Å². The van der Waals surface area contributed by atoms with E-state index in [2.05, 4.69) is 6.92 Å². The lowest BCUT2D eigenvalue weighted by Crippen LogP contribution is -2.27. The van der Waals surface area contributed by atoms with Crippen molar-refractivity contribution in [3.8, 4) is 0 Å². The Labute approximate surface area is 86.1 Å². The zero-order valence-electron chi connectivity index (χ0n) is 9.20. The Morgan fingerprint density at radius 1 is 1.14 bits per heavy atom. The number of unbranched alkanes of at least 4 members (excludes halogenated alkanes) is 2. The number of aliphatic carboxylic acids is 1. The van der Waals surface area contributed by atoms with Gasteiger partial charge in [-0.3, -0.25) is 4.79 Å². The van der Waals surface area contributed by atoms with Crippen molar-refractivity contribution in [1.29, 1.82) is 0 Å². The average Bonchev–Trinajstić information content (AvgIpc) is 2.13. The van der Waals surface area contributed by atoms with Gasteiger partial charge in [-0.2, -0.15) is 0 Å². The Morgan fingerprint density at radius 3 is 2.21 bits per heavy atom. The smallest absolute Gasteiger partial charge is 0.309 e. The van der Waals surface area contributed by atoms with Crippen LogP contribution in [0.2, 0.25) is 0 Å². The Balaban J connectivity index is 3.88. The van der Waals surface area contributed by atoms with Gasteiger partial charge < -0.3 is 10.2 Å². The molecule has 0 spiro atoms. The van der Waals surface area contributed by atoms with Gasteiger partial charge in [0.05, 0.1) is 12.0 Å². The number of aliphatic hydroxyl groups is 1. The molecular weight excluding hydrogens is 180 g/mol. The Bertz CT molecular complexity index is 157. The molecule has 0 amide bonds. The maximum Gasteiger partial charge on any atom is 0.309 e. The van der Waals surface area contributed by atoms with Crippen molar-refractivity contribution in [2.45, 2.75) is 58.5 Å². The summed E-state index contributed by atoms with van der Waals surface area (Å²) in [5.41, 5.74) is 0. The Kier molecular flexibility index (Phi) is 7.48. The molecule has 2 unspecified atom stereocenters.